The molecule has 0 bridgehead atoms. The van der Waals surface area contributed by atoms with E-state index in [9.17, 15) is 5.11 Å². The molecule has 8 aromatic rings. The van der Waals surface area contributed by atoms with Gasteiger partial charge in [0.2, 0.25) is 0 Å². The van der Waals surface area contributed by atoms with Crippen molar-refractivity contribution < 1.29 is 30.3 Å². The Hall–Kier alpha value is -5.57. The summed E-state index contributed by atoms with van der Waals surface area (Å²) >= 11 is 0. The van der Waals surface area contributed by atoms with E-state index in [-0.39, 0.29) is 44.1 Å². The van der Waals surface area contributed by atoms with Gasteiger partial charge < -0.3 is 5.11 Å². The van der Waals surface area contributed by atoms with E-state index in [2.05, 4.69) is 144 Å². The minimum atomic E-state index is -0.890. The molecule has 4 nitrogen and oxygen atoms in total. The van der Waals surface area contributed by atoms with E-state index in [0.717, 1.165) is 94.7 Å². The largest absolute Gasteiger partial charge is 0.507 e. The van der Waals surface area contributed by atoms with Gasteiger partial charge in [-0.1, -0.05) is 180 Å². The van der Waals surface area contributed by atoms with Crippen molar-refractivity contribution in [2.24, 2.45) is 0 Å². The molecule has 0 aliphatic rings. The third kappa shape index (κ3) is 9.50. The average molecular weight is 1060 g/mol. The Morgan fingerprint density at radius 3 is 1.80 bits per heavy atom. The Morgan fingerprint density at radius 2 is 1.21 bits per heavy atom. The normalized spacial score (nSPS) is 13.2. The number of benzene rings is 6. The van der Waals surface area contributed by atoms with Gasteiger partial charge in [0.15, 0.2) is 0 Å². The fourth-order valence-electron chi connectivity index (χ4n) is 8.90. The maximum Gasteiger partial charge on any atom is 0.148 e. The fraction of sp³-hybridized carbons (Fsp3) is 0.311. The van der Waals surface area contributed by atoms with Crippen molar-refractivity contribution in [3.63, 3.8) is 0 Å². The van der Waals surface area contributed by atoms with E-state index in [1.54, 1.807) is 0 Å². The predicted octanol–water partition coefficient (Wildman–Crippen LogP) is 17.2. The molecule has 0 saturated carbocycles. The second-order valence-corrected chi connectivity index (χ2v) is 20.0. The van der Waals surface area contributed by atoms with Crippen molar-refractivity contribution >= 4 is 11.0 Å². The van der Waals surface area contributed by atoms with Gasteiger partial charge in [0, 0.05) is 42.8 Å². The van der Waals surface area contributed by atoms with Crippen molar-refractivity contribution in [1.29, 1.82) is 0 Å². The summed E-state index contributed by atoms with van der Waals surface area (Å²) in [6.45, 7) is 26.7. The van der Waals surface area contributed by atoms with Gasteiger partial charge in [0.25, 0.3) is 0 Å². The molecule has 2 heterocycles. The summed E-state index contributed by atoms with van der Waals surface area (Å²) in [7, 11) is 0. The number of pyridine rings is 1. The molecule has 66 heavy (non-hydrogen) atoms. The van der Waals surface area contributed by atoms with E-state index in [0.29, 0.717) is 11.4 Å². The number of aromatic hydroxyl groups is 1. The smallest absolute Gasteiger partial charge is 0.148 e. The molecule has 1 N–H and O–H groups in total. The zero-order valence-electron chi connectivity index (χ0n) is 43.9. The van der Waals surface area contributed by atoms with Gasteiger partial charge in [-0.2, -0.15) is 0 Å². The van der Waals surface area contributed by atoms with Crippen molar-refractivity contribution in [3.05, 3.63) is 167 Å². The van der Waals surface area contributed by atoms with Gasteiger partial charge in [-0.05, 0) is 115 Å². The molecule has 0 saturated heterocycles. The summed E-state index contributed by atoms with van der Waals surface area (Å²) < 4.78 is 28.9. The van der Waals surface area contributed by atoms with Crippen LogP contribution < -0.4 is 0 Å². The Kier molecular flexibility index (Phi) is 13.0. The van der Waals surface area contributed by atoms with Crippen LogP contribution >= 0.6 is 0 Å². The Balaban J connectivity index is 0.00000703. The Bertz CT molecular complexity index is 3130. The maximum atomic E-state index is 12.2. The second-order valence-electron chi connectivity index (χ2n) is 20.0. The van der Waals surface area contributed by atoms with Crippen LogP contribution in [-0.2, 0) is 26.5 Å². The molecule has 0 amide bonds. The predicted molar refractivity (Wildman–Crippen MR) is 276 cm³/mol. The summed E-state index contributed by atoms with van der Waals surface area (Å²) in [5.41, 5.74) is 16.3. The van der Waals surface area contributed by atoms with Gasteiger partial charge in [0.1, 0.15) is 11.6 Å². The van der Waals surface area contributed by atoms with Crippen molar-refractivity contribution in [2.45, 2.75) is 125 Å². The Morgan fingerprint density at radius 1 is 0.591 bits per heavy atom. The molecule has 0 spiro atoms. The van der Waals surface area contributed by atoms with Gasteiger partial charge in [-0.15, -0.1) is 29.3 Å². The van der Waals surface area contributed by atoms with E-state index < -0.39 is 17.7 Å². The molecule has 0 aliphatic heterocycles. The van der Waals surface area contributed by atoms with Crippen LogP contribution in [0.15, 0.2) is 128 Å². The topological polar surface area (TPSA) is 50.9 Å². The van der Waals surface area contributed by atoms with Crippen LogP contribution in [0.3, 0.4) is 0 Å². The molecule has 2 aromatic heterocycles. The molecule has 0 aliphatic carbocycles. The van der Waals surface area contributed by atoms with Crippen molar-refractivity contribution in [2.75, 3.05) is 0 Å². The summed E-state index contributed by atoms with van der Waals surface area (Å²) in [6, 6.07) is 45.5. The minimum absolute atomic E-state index is 0. The van der Waals surface area contributed by atoms with E-state index in [4.69, 9.17) is 14.1 Å². The van der Waals surface area contributed by atoms with E-state index in [1.165, 1.54) is 0 Å². The second kappa shape index (κ2) is 19.3. The molecule has 0 fully saturated rings. The summed E-state index contributed by atoms with van der Waals surface area (Å²) in [6.07, 6.45) is 1.86. The van der Waals surface area contributed by atoms with Gasteiger partial charge in [-0.25, -0.2) is 4.98 Å². The maximum absolute atomic E-state index is 12.2. The zero-order chi connectivity index (χ0) is 49.2. The standard InChI is InChI=1S/C61H66N3O.Pt/c1-36(2)41-20-22-42(23-21-41)44-28-29-62-55(35-44)47-30-46(31-48(32-47)61(11,12)13)52-18-15-19-56-58(52)63-60(54-34-45(37(3)4)33-53(40(9)10)59(54)65)64(56)49-26-24-43(25-27-49)57-50(38(5)6)16-14-17-51(57)39(7)8;/h14-29,31-40,65H,1-13H3;/q-1;/i36D,38D,39D;. The van der Waals surface area contributed by atoms with Crippen LogP contribution in [0.1, 0.15) is 157 Å². The average Bonchev–Trinajstić information content (AvgIpc) is 3.67. The number of hydrogen-bond donors (Lipinski definition) is 1. The van der Waals surface area contributed by atoms with E-state index >= 15 is 0 Å². The molecular weight excluding hydrogens is 986 g/mol. The number of hydrogen-bond acceptors (Lipinski definition) is 3. The van der Waals surface area contributed by atoms with Crippen LogP contribution in [0.5, 0.6) is 5.75 Å². The third-order valence-corrected chi connectivity index (χ3v) is 12.8. The van der Waals surface area contributed by atoms with Crippen LogP contribution in [0.4, 0.5) is 0 Å². The first-order valence-corrected chi connectivity index (χ1v) is 23.1. The van der Waals surface area contributed by atoms with Crippen LogP contribution in [0, 0.1) is 6.07 Å². The van der Waals surface area contributed by atoms with Gasteiger partial charge in [-0.3, -0.25) is 9.55 Å². The number of rotatable bonds is 11. The monoisotopic (exact) mass is 1050 g/mol. The SMILES string of the molecule is [2H]C(C)(C)c1ccc(-c2ccnc(-c3[c-]c(-c4cccc5c4nc(-c4cc(C(C)C)cc(C(C)C)c4O)n5-c4ccc(-c5c(C([2H])(C)C)cccc5C([2H])(C)C)cc4)cc(C(C)(C)C)c3)c2)cc1.[Pt]. The number of fused-ring (bicyclic) bond motifs is 1. The van der Waals surface area contributed by atoms with Crippen LogP contribution in [-0.4, -0.2) is 19.6 Å². The number of aromatic nitrogens is 3. The minimum Gasteiger partial charge on any atom is -0.507 e. The molecule has 342 valence electrons. The molecule has 0 radical (unpaired) electrons. The molecule has 0 unspecified atom stereocenters. The first-order valence-electron chi connectivity index (χ1n) is 24.6. The van der Waals surface area contributed by atoms with Crippen molar-refractivity contribution in [3.8, 4) is 67.5 Å². The molecular formula is C61H66N3OPt-. The number of nitrogens with zero attached hydrogens (tertiary/aromatic N) is 3. The first-order chi connectivity index (χ1) is 31.8. The summed E-state index contributed by atoms with van der Waals surface area (Å²) in [5.74, 6) is -1.32. The van der Waals surface area contributed by atoms with Gasteiger partial charge >= 0.3 is 0 Å². The molecule has 5 heteroatoms. The fourth-order valence-corrected chi connectivity index (χ4v) is 8.90. The van der Waals surface area contributed by atoms with Crippen LogP contribution in [0.25, 0.3) is 72.7 Å². The summed E-state index contributed by atoms with van der Waals surface area (Å²) in [5, 5.41) is 12.2. The molecule has 6 aromatic carbocycles. The number of phenolic OH excluding ortho intramolecular Hbond substituents is 1. The Labute approximate surface area is 413 Å². The van der Waals surface area contributed by atoms with Crippen LogP contribution in [0.2, 0.25) is 0 Å². The first kappa shape index (κ1) is 44.3. The molecule has 8 rings (SSSR count). The molecule has 0 atom stereocenters. The zero-order valence-corrected chi connectivity index (χ0v) is 43.2. The number of phenols is 1. The summed E-state index contributed by atoms with van der Waals surface area (Å²) in [4.78, 5) is 10.4. The number of para-hydroxylation sites is 1. The van der Waals surface area contributed by atoms with Gasteiger partial charge in [0.05, 0.1) is 16.6 Å². The third-order valence-electron chi connectivity index (χ3n) is 12.8. The number of imidazole rings is 1. The quantitative estimate of drug-likeness (QED) is 0.131. The van der Waals surface area contributed by atoms with Crippen molar-refractivity contribution in [1.82, 2.24) is 14.5 Å². The van der Waals surface area contributed by atoms with E-state index in [1.807, 2.05) is 84.1 Å².